The van der Waals surface area contributed by atoms with Crippen LogP contribution in [-0.2, 0) is 0 Å². The predicted octanol–water partition coefficient (Wildman–Crippen LogP) is 4.54. The molecule has 2 atom stereocenters. The third-order valence-electron chi connectivity index (χ3n) is 3.06. The van der Waals surface area contributed by atoms with E-state index in [1.54, 1.807) is 6.92 Å². The molecule has 0 aliphatic heterocycles. The van der Waals surface area contributed by atoms with E-state index >= 15 is 0 Å². The first kappa shape index (κ1) is 13.9. The van der Waals surface area contributed by atoms with Crippen molar-refractivity contribution in [1.82, 2.24) is 0 Å². The van der Waals surface area contributed by atoms with Gasteiger partial charge in [-0.3, -0.25) is 0 Å². The zero-order valence-electron chi connectivity index (χ0n) is 10.3. The molecule has 0 radical (unpaired) electrons. The van der Waals surface area contributed by atoms with Crippen molar-refractivity contribution < 1.29 is 8.78 Å². The molecule has 0 aromatic rings. The average molecular weight is 206 g/mol. The van der Waals surface area contributed by atoms with Crippen LogP contribution in [0.5, 0.6) is 0 Å². The summed E-state index contributed by atoms with van der Waals surface area (Å²) in [6.45, 7) is 10.9. The van der Waals surface area contributed by atoms with Crippen LogP contribution in [0.1, 0.15) is 54.4 Å². The maximum Gasteiger partial charge on any atom is 0.105 e. The third kappa shape index (κ3) is 4.39. The van der Waals surface area contributed by atoms with E-state index in [2.05, 4.69) is 0 Å². The monoisotopic (exact) mass is 206 g/mol. The fraction of sp³-hybridized carbons (Fsp3) is 1.00. The normalized spacial score (nSPS) is 18.0. The lowest BCUT2D eigenvalue weighted by molar-refractivity contribution is 0.0973. The van der Waals surface area contributed by atoms with Gasteiger partial charge in [0.25, 0.3) is 0 Å². The van der Waals surface area contributed by atoms with E-state index in [1.807, 2.05) is 34.6 Å². The molecule has 0 saturated carbocycles. The lowest BCUT2D eigenvalue weighted by Gasteiger charge is -2.30. The molecule has 0 aliphatic rings. The highest BCUT2D eigenvalue weighted by molar-refractivity contribution is 4.80. The van der Waals surface area contributed by atoms with Gasteiger partial charge in [0.1, 0.15) is 12.3 Å². The largest absolute Gasteiger partial charge is 0.247 e. The fourth-order valence-electron chi connectivity index (χ4n) is 1.13. The van der Waals surface area contributed by atoms with Crippen molar-refractivity contribution in [2.24, 2.45) is 10.8 Å². The number of alkyl halides is 2. The molecular weight excluding hydrogens is 182 g/mol. The van der Waals surface area contributed by atoms with Crippen LogP contribution in [0.3, 0.4) is 0 Å². The predicted molar refractivity (Wildman–Crippen MR) is 57.9 cm³/mol. The molecule has 14 heavy (non-hydrogen) atoms. The van der Waals surface area contributed by atoms with Crippen molar-refractivity contribution in [3.8, 4) is 0 Å². The minimum absolute atomic E-state index is 0.324. The summed E-state index contributed by atoms with van der Waals surface area (Å²) in [5.41, 5.74) is -0.731. The highest BCUT2D eigenvalue weighted by atomic mass is 19.1. The Kier molecular flexibility index (Phi) is 4.54. The number of hydrogen-bond acceptors (Lipinski definition) is 0. The maximum atomic E-state index is 13.6. The number of halogens is 2. The summed E-state index contributed by atoms with van der Waals surface area (Å²) >= 11 is 0. The van der Waals surface area contributed by atoms with Crippen LogP contribution >= 0.6 is 0 Å². The van der Waals surface area contributed by atoms with E-state index in [0.29, 0.717) is 12.8 Å². The van der Waals surface area contributed by atoms with Crippen LogP contribution in [0, 0.1) is 10.8 Å². The van der Waals surface area contributed by atoms with Gasteiger partial charge in [-0.25, -0.2) is 8.78 Å². The summed E-state index contributed by atoms with van der Waals surface area (Å²) in [5.74, 6) is 0. The van der Waals surface area contributed by atoms with Crippen molar-refractivity contribution in [3.05, 3.63) is 0 Å². The van der Waals surface area contributed by atoms with Gasteiger partial charge in [0, 0.05) is 0 Å². The SMILES string of the molecule is C[C@H](F)C(C)(C)CC[C@@H](F)C(C)(C)C. The van der Waals surface area contributed by atoms with Gasteiger partial charge >= 0.3 is 0 Å². The Hall–Kier alpha value is -0.140. The molecule has 0 fully saturated rings. The van der Waals surface area contributed by atoms with Crippen LogP contribution in [0.25, 0.3) is 0 Å². The van der Waals surface area contributed by atoms with Crippen molar-refractivity contribution in [2.75, 3.05) is 0 Å². The van der Waals surface area contributed by atoms with E-state index in [9.17, 15) is 8.78 Å². The molecule has 0 aromatic carbocycles. The molecule has 0 saturated heterocycles. The Balaban J connectivity index is 4.07. The summed E-state index contributed by atoms with van der Waals surface area (Å²) in [6, 6.07) is 0. The molecule has 0 heterocycles. The standard InChI is InChI=1S/C12H24F2/c1-9(13)12(5,6)8-7-10(14)11(2,3)4/h9-10H,7-8H2,1-6H3/t9-,10+/m0/s1. The lowest BCUT2D eigenvalue weighted by atomic mass is 9.79. The summed E-state index contributed by atoms with van der Waals surface area (Å²) in [4.78, 5) is 0. The molecule has 0 nitrogen and oxygen atoms in total. The molecule has 0 unspecified atom stereocenters. The van der Waals surface area contributed by atoms with E-state index < -0.39 is 17.8 Å². The second kappa shape index (κ2) is 4.59. The van der Waals surface area contributed by atoms with Gasteiger partial charge in [-0.2, -0.15) is 0 Å². The quantitative estimate of drug-likeness (QED) is 0.633. The van der Waals surface area contributed by atoms with Gasteiger partial charge in [0.2, 0.25) is 0 Å². The van der Waals surface area contributed by atoms with E-state index in [0.717, 1.165) is 0 Å². The first-order chi connectivity index (χ1) is 6.07. The van der Waals surface area contributed by atoms with Crippen LogP contribution in [0.15, 0.2) is 0 Å². The van der Waals surface area contributed by atoms with Gasteiger partial charge < -0.3 is 0 Å². The molecule has 0 aromatic heterocycles. The van der Waals surface area contributed by atoms with Gasteiger partial charge in [0.05, 0.1) is 0 Å². The Morgan fingerprint density at radius 2 is 1.43 bits per heavy atom. The molecule has 0 amide bonds. The summed E-state index contributed by atoms with van der Waals surface area (Å²) in [7, 11) is 0. The summed E-state index contributed by atoms with van der Waals surface area (Å²) in [5, 5.41) is 0. The Labute approximate surface area is 87.1 Å². The average Bonchev–Trinajstić information content (AvgIpc) is 1.98. The number of hydrogen-bond donors (Lipinski definition) is 0. The van der Waals surface area contributed by atoms with Crippen molar-refractivity contribution in [2.45, 2.75) is 66.7 Å². The Morgan fingerprint density at radius 3 is 1.71 bits per heavy atom. The minimum Gasteiger partial charge on any atom is -0.247 e. The summed E-state index contributed by atoms with van der Waals surface area (Å²) in [6.07, 6.45) is -0.677. The molecular formula is C12H24F2. The van der Waals surface area contributed by atoms with Crippen molar-refractivity contribution in [1.29, 1.82) is 0 Å². The molecule has 0 N–H and O–H groups in total. The van der Waals surface area contributed by atoms with Gasteiger partial charge in [-0.15, -0.1) is 0 Å². The smallest absolute Gasteiger partial charge is 0.105 e. The minimum atomic E-state index is -0.880. The van der Waals surface area contributed by atoms with Crippen LogP contribution < -0.4 is 0 Å². The summed E-state index contributed by atoms with van der Waals surface area (Å²) < 4.78 is 26.7. The first-order valence-electron chi connectivity index (χ1n) is 5.35. The Bertz CT molecular complexity index is 166. The second-order valence-electron chi connectivity index (χ2n) is 5.98. The van der Waals surface area contributed by atoms with E-state index in [4.69, 9.17) is 0 Å². The molecule has 0 rings (SSSR count). The van der Waals surface area contributed by atoms with Crippen LogP contribution in [0.4, 0.5) is 8.78 Å². The molecule has 0 aliphatic carbocycles. The highest BCUT2D eigenvalue weighted by Gasteiger charge is 2.30. The van der Waals surface area contributed by atoms with E-state index in [1.165, 1.54) is 0 Å². The number of rotatable bonds is 4. The van der Waals surface area contributed by atoms with Gasteiger partial charge in [0.15, 0.2) is 0 Å². The zero-order chi connectivity index (χ0) is 11.6. The first-order valence-corrected chi connectivity index (χ1v) is 5.35. The van der Waals surface area contributed by atoms with Crippen LogP contribution in [-0.4, -0.2) is 12.3 Å². The van der Waals surface area contributed by atoms with E-state index in [-0.39, 0.29) is 5.41 Å². The van der Waals surface area contributed by atoms with Gasteiger partial charge in [-0.1, -0.05) is 34.6 Å². The third-order valence-corrected chi connectivity index (χ3v) is 3.06. The molecule has 0 bridgehead atoms. The maximum absolute atomic E-state index is 13.6. The molecule has 0 spiro atoms. The molecule has 86 valence electrons. The zero-order valence-corrected chi connectivity index (χ0v) is 10.3. The van der Waals surface area contributed by atoms with Crippen LogP contribution in [0.2, 0.25) is 0 Å². The van der Waals surface area contributed by atoms with Crippen molar-refractivity contribution in [3.63, 3.8) is 0 Å². The van der Waals surface area contributed by atoms with Gasteiger partial charge in [-0.05, 0) is 30.6 Å². The second-order valence-corrected chi connectivity index (χ2v) is 5.98. The fourth-order valence-corrected chi connectivity index (χ4v) is 1.13. The van der Waals surface area contributed by atoms with Crippen molar-refractivity contribution >= 4 is 0 Å². The topological polar surface area (TPSA) is 0 Å². The molecule has 2 heteroatoms. The Morgan fingerprint density at radius 1 is 1.00 bits per heavy atom. The lowest BCUT2D eigenvalue weighted by Crippen LogP contribution is -2.28. The highest BCUT2D eigenvalue weighted by Crippen LogP contribution is 2.34.